The van der Waals surface area contributed by atoms with E-state index in [1.54, 1.807) is 25.3 Å². The van der Waals surface area contributed by atoms with Crippen LogP contribution in [-0.2, 0) is 37.3 Å². The Morgan fingerprint density at radius 2 is 1.73 bits per heavy atom. The fourth-order valence-electron chi connectivity index (χ4n) is 7.69. The van der Waals surface area contributed by atoms with Gasteiger partial charge in [-0.15, -0.1) is 0 Å². The molecular formula is C36H44ClFN4O7. The van der Waals surface area contributed by atoms with E-state index in [9.17, 15) is 19.5 Å². The Morgan fingerprint density at radius 1 is 1.04 bits per heavy atom. The van der Waals surface area contributed by atoms with Crippen LogP contribution < -0.4 is 5.32 Å². The number of carbonyl (C=O) groups is 3. The van der Waals surface area contributed by atoms with E-state index >= 15 is 4.39 Å². The van der Waals surface area contributed by atoms with Gasteiger partial charge in [-0.05, 0) is 62.3 Å². The summed E-state index contributed by atoms with van der Waals surface area (Å²) in [5, 5.41) is 13.1. The molecule has 11 nitrogen and oxygen atoms in total. The summed E-state index contributed by atoms with van der Waals surface area (Å²) in [7, 11) is 5.14. The summed E-state index contributed by atoms with van der Waals surface area (Å²) < 4.78 is 35.6. The van der Waals surface area contributed by atoms with Crippen molar-refractivity contribution in [2.24, 2.45) is 13.0 Å². The minimum atomic E-state index is -0.777. The molecule has 264 valence electrons. The number of aliphatic carboxylic acids is 1. The number of carboxylic acids is 1. The number of methoxy groups -OCH3 is 2. The molecule has 2 aliphatic heterocycles. The molecule has 3 fully saturated rings. The molecule has 0 bridgehead atoms. The maximum absolute atomic E-state index is 15.6. The van der Waals surface area contributed by atoms with Gasteiger partial charge in [0.1, 0.15) is 12.0 Å². The van der Waals surface area contributed by atoms with E-state index in [4.69, 9.17) is 25.8 Å². The number of hydrogen-bond acceptors (Lipinski definition) is 7. The zero-order valence-electron chi connectivity index (χ0n) is 28.1. The molecule has 4 atom stereocenters. The molecule has 3 heterocycles. The second kappa shape index (κ2) is 15.1. The number of rotatable bonds is 11. The first-order valence-electron chi connectivity index (χ1n) is 16.9. The first-order valence-corrected chi connectivity index (χ1v) is 17.3. The molecule has 2 amide bonds. The third kappa shape index (κ3) is 7.48. The van der Waals surface area contributed by atoms with Gasteiger partial charge >= 0.3 is 5.97 Å². The number of aryl methyl sites for hydroxylation is 1. The summed E-state index contributed by atoms with van der Waals surface area (Å²) in [4.78, 5) is 42.6. The van der Waals surface area contributed by atoms with Crippen molar-refractivity contribution < 1.29 is 38.1 Å². The Kier molecular flexibility index (Phi) is 10.9. The van der Waals surface area contributed by atoms with Crippen LogP contribution in [0.2, 0.25) is 5.02 Å². The molecule has 3 aliphatic rings. The second-order valence-corrected chi connectivity index (χ2v) is 13.8. The smallest absolute Gasteiger partial charge is 0.306 e. The SMILES string of the molecule is CO[C@H]1CN(C(OC2CCC(C(=O)O)CC2)[C@@H]2CCCN2C(=O)Cc2cc(Cl)c(NC(=O)c3cn(C)c4ccccc34)cc2F)C[C@H]1OC. The molecule has 49 heavy (non-hydrogen) atoms. The molecule has 1 saturated carbocycles. The minimum absolute atomic E-state index is 0.118. The second-order valence-electron chi connectivity index (χ2n) is 13.4. The highest BCUT2D eigenvalue weighted by Gasteiger charge is 2.45. The first kappa shape index (κ1) is 35.3. The van der Waals surface area contributed by atoms with Gasteiger partial charge in [0.15, 0.2) is 0 Å². The van der Waals surface area contributed by atoms with Crippen molar-refractivity contribution in [1.29, 1.82) is 0 Å². The molecule has 6 rings (SSSR count). The van der Waals surface area contributed by atoms with Crippen LogP contribution in [0.1, 0.15) is 54.4 Å². The van der Waals surface area contributed by atoms with Crippen LogP contribution in [0.5, 0.6) is 0 Å². The van der Waals surface area contributed by atoms with Crippen LogP contribution in [0, 0.1) is 11.7 Å². The van der Waals surface area contributed by atoms with E-state index in [0.29, 0.717) is 57.3 Å². The van der Waals surface area contributed by atoms with E-state index in [1.807, 2.05) is 35.9 Å². The van der Waals surface area contributed by atoms with Gasteiger partial charge in [0, 0.05) is 58.0 Å². The zero-order valence-corrected chi connectivity index (χ0v) is 28.8. The molecule has 13 heteroatoms. The third-order valence-electron chi connectivity index (χ3n) is 10.4. The number of aromatic nitrogens is 1. The van der Waals surface area contributed by atoms with Crippen molar-refractivity contribution in [1.82, 2.24) is 14.4 Å². The van der Waals surface area contributed by atoms with Crippen molar-refractivity contribution in [2.75, 3.05) is 39.2 Å². The Labute approximate surface area is 290 Å². The van der Waals surface area contributed by atoms with Crippen molar-refractivity contribution >= 4 is 46.0 Å². The van der Waals surface area contributed by atoms with Gasteiger partial charge in [-0.3, -0.25) is 19.3 Å². The summed E-state index contributed by atoms with van der Waals surface area (Å²) >= 11 is 6.56. The summed E-state index contributed by atoms with van der Waals surface area (Å²) in [5.74, 6) is -2.46. The number of benzene rings is 2. The Hall–Kier alpha value is -3.55. The summed E-state index contributed by atoms with van der Waals surface area (Å²) in [6.07, 6.45) is 4.36. The topological polar surface area (TPSA) is 123 Å². The third-order valence-corrected chi connectivity index (χ3v) is 10.7. The number of likely N-dealkylation sites (tertiary alicyclic amines) is 2. The van der Waals surface area contributed by atoms with Crippen LogP contribution >= 0.6 is 11.6 Å². The maximum atomic E-state index is 15.6. The average molecular weight is 699 g/mol. The largest absolute Gasteiger partial charge is 0.481 e. The van der Waals surface area contributed by atoms with Crippen LogP contribution in [0.25, 0.3) is 10.9 Å². The van der Waals surface area contributed by atoms with Crippen molar-refractivity contribution in [3.8, 4) is 0 Å². The Balaban J connectivity index is 1.17. The van der Waals surface area contributed by atoms with Gasteiger partial charge < -0.3 is 34.1 Å². The van der Waals surface area contributed by atoms with Crippen LogP contribution in [-0.4, -0.2) is 102 Å². The van der Waals surface area contributed by atoms with Gasteiger partial charge in [0.2, 0.25) is 5.91 Å². The quantitative estimate of drug-likeness (QED) is 0.284. The summed E-state index contributed by atoms with van der Waals surface area (Å²) in [5.41, 5.74) is 1.58. The van der Waals surface area contributed by atoms with E-state index < -0.39 is 23.9 Å². The lowest BCUT2D eigenvalue weighted by Gasteiger charge is -2.40. The number of halogens is 2. The number of nitrogens with zero attached hydrogens (tertiary/aromatic N) is 3. The Bertz CT molecular complexity index is 1680. The molecule has 0 spiro atoms. The number of amides is 2. The maximum Gasteiger partial charge on any atom is 0.306 e. The fraction of sp³-hybridized carbons (Fsp3) is 0.528. The standard InChI is InChI=1S/C36H44ClFN4O7/c1-40-18-25(24-7-4-5-8-29(24)40)34(44)39-28-17-27(38)22(15-26(28)37)16-33(43)42-14-6-9-30(42)35(41-19-31(47-2)32(20-41)48-3)49-23-12-10-21(11-13-23)36(45)46/h4-5,7-8,15,17-18,21,23,30-32,35H,6,9-14,16,19-20H2,1-3H3,(H,39,44)(H,45,46)/t21?,23?,30-,31-,32+,35?/m0/s1. The predicted octanol–water partition coefficient (Wildman–Crippen LogP) is 5.09. The highest BCUT2D eigenvalue weighted by Crippen LogP contribution is 2.34. The zero-order chi connectivity index (χ0) is 34.8. The molecule has 2 aromatic carbocycles. The first-order chi connectivity index (χ1) is 23.6. The number of nitrogens with one attached hydrogen (secondary N) is 1. The number of carbonyl (C=O) groups excluding carboxylic acids is 2. The van der Waals surface area contributed by atoms with Crippen LogP contribution in [0.4, 0.5) is 10.1 Å². The molecule has 1 unspecified atom stereocenters. The van der Waals surface area contributed by atoms with Crippen LogP contribution in [0.15, 0.2) is 42.6 Å². The molecule has 2 saturated heterocycles. The molecule has 1 aromatic heterocycles. The van der Waals surface area contributed by atoms with Crippen molar-refractivity contribution in [2.45, 2.75) is 75.5 Å². The van der Waals surface area contributed by atoms with E-state index in [-0.39, 0.29) is 58.9 Å². The highest BCUT2D eigenvalue weighted by atomic mass is 35.5. The minimum Gasteiger partial charge on any atom is -0.481 e. The van der Waals surface area contributed by atoms with Crippen molar-refractivity contribution in [3.05, 3.63) is 64.6 Å². The van der Waals surface area contributed by atoms with E-state index in [0.717, 1.165) is 23.4 Å². The van der Waals surface area contributed by atoms with Gasteiger partial charge in [0.05, 0.1) is 53.0 Å². The molecule has 3 aromatic rings. The number of fused-ring (bicyclic) bond motifs is 1. The van der Waals surface area contributed by atoms with Gasteiger partial charge in [-0.2, -0.15) is 0 Å². The number of hydrogen-bond donors (Lipinski definition) is 2. The molecular weight excluding hydrogens is 655 g/mol. The fourth-order valence-corrected chi connectivity index (χ4v) is 7.92. The molecule has 1 aliphatic carbocycles. The van der Waals surface area contributed by atoms with Crippen LogP contribution in [0.3, 0.4) is 0 Å². The number of para-hydroxylation sites is 1. The number of ether oxygens (including phenoxy) is 3. The number of carboxylic acid groups (broad SMARTS) is 1. The lowest BCUT2D eigenvalue weighted by Crippen LogP contribution is -2.53. The lowest BCUT2D eigenvalue weighted by atomic mass is 9.87. The highest BCUT2D eigenvalue weighted by molar-refractivity contribution is 6.34. The van der Waals surface area contributed by atoms with Crippen molar-refractivity contribution in [3.63, 3.8) is 0 Å². The monoisotopic (exact) mass is 698 g/mol. The predicted molar refractivity (Wildman–Crippen MR) is 182 cm³/mol. The van der Waals surface area contributed by atoms with Gasteiger partial charge in [-0.25, -0.2) is 4.39 Å². The average Bonchev–Trinajstić information content (AvgIpc) is 3.83. The normalized spacial score (nSPS) is 25.2. The van der Waals surface area contributed by atoms with E-state index in [1.165, 1.54) is 6.07 Å². The Morgan fingerprint density at radius 3 is 2.41 bits per heavy atom. The molecule has 0 radical (unpaired) electrons. The summed E-state index contributed by atoms with van der Waals surface area (Å²) in [6, 6.07) is 9.77. The van der Waals surface area contributed by atoms with Gasteiger partial charge in [-0.1, -0.05) is 29.8 Å². The molecule has 2 N–H and O–H groups in total. The lowest BCUT2D eigenvalue weighted by molar-refractivity contribution is -0.158. The number of anilines is 1. The summed E-state index contributed by atoms with van der Waals surface area (Å²) in [6.45, 7) is 1.61. The van der Waals surface area contributed by atoms with E-state index in [2.05, 4.69) is 10.2 Å². The van der Waals surface area contributed by atoms with Gasteiger partial charge in [0.25, 0.3) is 5.91 Å².